The molecule has 1 amide bonds. The molecule has 1 aliphatic heterocycles. The molecular weight excluding hydrogens is 396 g/mol. The van der Waals surface area contributed by atoms with E-state index in [1.165, 1.54) is 11.1 Å². The van der Waals surface area contributed by atoms with E-state index in [0.29, 0.717) is 19.7 Å². The molecule has 0 spiro atoms. The van der Waals surface area contributed by atoms with Crippen LogP contribution in [0.2, 0.25) is 0 Å². The Kier molecular flexibility index (Phi) is 7.89. The van der Waals surface area contributed by atoms with Crippen LogP contribution in [0.3, 0.4) is 0 Å². The molecule has 0 bridgehead atoms. The Morgan fingerprint density at radius 1 is 0.900 bits per heavy atom. The quantitative estimate of drug-likeness (QED) is 0.639. The molecule has 5 heteroatoms. The number of nitrogens with zero attached hydrogens (tertiary/aromatic N) is 1. The summed E-state index contributed by atoms with van der Waals surface area (Å²) < 4.78 is 5.57. The molecule has 0 unspecified atom stereocenters. The van der Waals surface area contributed by atoms with Crippen molar-refractivity contribution in [3.63, 3.8) is 0 Å². The average Bonchev–Trinajstić information content (AvgIpc) is 2.80. The molecule has 0 aliphatic carbocycles. The molecule has 30 heavy (non-hydrogen) atoms. The standard InChI is InChI=1S/C25H26N2O2.ClH/c28-25(29-19-20-10-4-1-5-11-20)27-17-16-26-23(18-27)24(21-12-6-2-7-13-21)22-14-8-3-9-15-22;/h1-15,23-24,26H,16-19H2;1H/t23-;/m0./s1. The summed E-state index contributed by atoms with van der Waals surface area (Å²) in [5.74, 6) is 0.169. The van der Waals surface area contributed by atoms with Crippen LogP contribution in [0.1, 0.15) is 22.6 Å². The van der Waals surface area contributed by atoms with Gasteiger partial charge in [0.25, 0.3) is 0 Å². The Bertz CT molecular complexity index is 867. The van der Waals surface area contributed by atoms with Gasteiger partial charge >= 0.3 is 6.09 Å². The van der Waals surface area contributed by atoms with Crippen molar-refractivity contribution in [1.82, 2.24) is 10.2 Å². The molecule has 1 atom stereocenters. The van der Waals surface area contributed by atoms with Gasteiger partial charge < -0.3 is 15.0 Å². The molecule has 4 nitrogen and oxygen atoms in total. The summed E-state index contributed by atoms with van der Waals surface area (Å²) >= 11 is 0. The minimum absolute atomic E-state index is 0. The number of amides is 1. The second kappa shape index (κ2) is 10.8. The van der Waals surface area contributed by atoms with E-state index in [1.54, 1.807) is 0 Å². The first-order valence-electron chi connectivity index (χ1n) is 10.1. The van der Waals surface area contributed by atoms with Gasteiger partial charge in [-0.1, -0.05) is 91.0 Å². The molecule has 1 aliphatic rings. The number of carbonyl (C=O) groups excluding carboxylic acids is 1. The molecule has 3 aromatic carbocycles. The first kappa shape index (κ1) is 21.9. The van der Waals surface area contributed by atoms with E-state index in [-0.39, 0.29) is 30.5 Å². The van der Waals surface area contributed by atoms with Gasteiger partial charge in [0.1, 0.15) is 6.61 Å². The molecule has 0 aromatic heterocycles. The smallest absolute Gasteiger partial charge is 0.410 e. The van der Waals surface area contributed by atoms with Gasteiger partial charge in [-0.05, 0) is 16.7 Å². The number of hydrogen-bond acceptors (Lipinski definition) is 3. The average molecular weight is 423 g/mol. The maximum absolute atomic E-state index is 12.7. The number of piperazine rings is 1. The summed E-state index contributed by atoms with van der Waals surface area (Å²) in [7, 11) is 0. The highest BCUT2D eigenvalue weighted by molar-refractivity contribution is 5.85. The number of benzene rings is 3. The van der Waals surface area contributed by atoms with Crippen molar-refractivity contribution in [1.29, 1.82) is 0 Å². The van der Waals surface area contributed by atoms with E-state index in [0.717, 1.165) is 12.1 Å². The number of nitrogens with one attached hydrogen (secondary N) is 1. The summed E-state index contributed by atoms with van der Waals surface area (Å²) in [6.07, 6.45) is -0.250. The fourth-order valence-electron chi connectivity index (χ4n) is 3.96. The largest absolute Gasteiger partial charge is 0.445 e. The first-order chi connectivity index (χ1) is 14.3. The predicted octanol–water partition coefficient (Wildman–Crippen LogP) is 4.85. The van der Waals surface area contributed by atoms with Gasteiger partial charge in [-0.3, -0.25) is 0 Å². The lowest BCUT2D eigenvalue weighted by Gasteiger charge is -2.37. The van der Waals surface area contributed by atoms with Crippen LogP contribution < -0.4 is 5.32 Å². The first-order valence-corrected chi connectivity index (χ1v) is 10.1. The molecule has 1 N–H and O–H groups in total. The van der Waals surface area contributed by atoms with Crippen LogP contribution in [0.25, 0.3) is 0 Å². The maximum atomic E-state index is 12.7. The number of rotatable bonds is 5. The van der Waals surface area contributed by atoms with Gasteiger partial charge in [-0.25, -0.2) is 4.79 Å². The van der Waals surface area contributed by atoms with E-state index >= 15 is 0 Å². The van der Waals surface area contributed by atoms with Gasteiger partial charge in [-0.15, -0.1) is 12.4 Å². The van der Waals surface area contributed by atoms with Crippen LogP contribution in [0, 0.1) is 0 Å². The van der Waals surface area contributed by atoms with Crippen molar-refractivity contribution >= 4 is 18.5 Å². The van der Waals surface area contributed by atoms with E-state index in [2.05, 4.69) is 53.8 Å². The van der Waals surface area contributed by atoms with E-state index in [4.69, 9.17) is 4.74 Å². The lowest BCUT2D eigenvalue weighted by atomic mass is 9.84. The predicted molar refractivity (Wildman–Crippen MR) is 122 cm³/mol. The molecule has 1 saturated heterocycles. The Balaban J connectivity index is 0.00000256. The zero-order valence-electron chi connectivity index (χ0n) is 16.8. The highest BCUT2D eigenvalue weighted by atomic mass is 35.5. The van der Waals surface area contributed by atoms with Crippen molar-refractivity contribution in [2.24, 2.45) is 0 Å². The lowest BCUT2D eigenvalue weighted by molar-refractivity contribution is 0.0836. The zero-order chi connectivity index (χ0) is 19.9. The number of carbonyl (C=O) groups is 1. The summed E-state index contributed by atoms with van der Waals surface area (Å²) in [6, 6.07) is 30.9. The molecule has 1 heterocycles. The van der Waals surface area contributed by atoms with Gasteiger partial charge in [0.2, 0.25) is 0 Å². The summed E-state index contributed by atoms with van der Waals surface area (Å²) in [5.41, 5.74) is 3.49. The Labute approximate surface area is 184 Å². The lowest BCUT2D eigenvalue weighted by Crippen LogP contribution is -2.55. The maximum Gasteiger partial charge on any atom is 0.410 e. The monoisotopic (exact) mass is 422 g/mol. The molecule has 1 fully saturated rings. The minimum atomic E-state index is -0.250. The second-order valence-corrected chi connectivity index (χ2v) is 7.35. The van der Waals surface area contributed by atoms with Crippen LogP contribution in [-0.2, 0) is 11.3 Å². The van der Waals surface area contributed by atoms with Gasteiger partial charge in [-0.2, -0.15) is 0 Å². The normalized spacial score (nSPS) is 16.0. The topological polar surface area (TPSA) is 41.6 Å². The number of halogens is 1. The van der Waals surface area contributed by atoms with Crippen LogP contribution in [0.4, 0.5) is 4.79 Å². The van der Waals surface area contributed by atoms with Crippen LogP contribution in [-0.4, -0.2) is 36.7 Å². The Morgan fingerprint density at radius 2 is 1.43 bits per heavy atom. The Hall–Kier alpha value is -2.82. The SMILES string of the molecule is Cl.O=C(OCc1ccccc1)N1CCN[C@H](C(c2ccccc2)c2ccccc2)C1. The molecule has 4 rings (SSSR count). The highest BCUT2D eigenvalue weighted by Crippen LogP contribution is 2.29. The molecular formula is C25H27ClN2O2. The highest BCUT2D eigenvalue weighted by Gasteiger charge is 2.31. The van der Waals surface area contributed by atoms with E-state index in [9.17, 15) is 4.79 Å². The second-order valence-electron chi connectivity index (χ2n) is 7.35. The molecule has 0 radical (unpaired) electrons. The summed E-state index contributed by atoms with van der Waals surface area (Å²) in [6.45, 7) is 2.32. The number of ether oxygens (including phenoxy) is 1. The minimum Gasteiger partial charge on any atom is -0.445 e. The van der Waals surface area contributed by atoms with Crippen molar-refractivity contribution in [2.45, 2.75) is 18.6 Å². The summed E-state index contributed by atoms with van der Waals surface area (Å²) in [4.78, 5) is 14.5. The van der Waals surface area contributed by atoms with Crippen LogP contribution in [0.15, 0.2) is 91.0 Å². The van der Waals surface area contributed by atoms with Crippen molar-refractivity contribution in [3.05, 3.63) is 108 Å². The third-order valence-corrected chi connectivity index (χ3v) is 5.39. The zero-order valence-corrected chi connectivity index (χ0v) is 17.6. The van der Waals surface area contributed by atoms with Crippen molar-refractivity contribution < 1.29 is 9.53 Å². The van der Waals surface area contributed by atoms with Crippen LogP contribution >= 0.6 is 12.4 Å². The third-order valence-electron chi connectivity index (χ3n) is 5.39. The number of hydrogen-bond donors (Lipinski definition) is 1. The summed E-state index contributed by atoms with van der Waals surface area (Å²) in [5, 5.41) is 3.63. The van der Waals surface area contributed by atoms with Gasteiger partial charge in [0.05, 0.1) is 0 Å². The molecule has 0 saturated carbocycles. The van der Waals surface area contributed by atoms with Crippen LogP contribution in [0.5, 0.6) is 0 Å². The van der Waals surface area contributed by atoms with Gasteiger partial charge in [0, 0.05) is 31.6 Å². The molecule has 3 aromatic rings. The van der Waals surface area contributed by atoms with E-state index in [1.807, 2.05) is 47.4 Å². The van der Waals surface area contributed by atoms with Crippen molar-refractivity contribution in [2.75, 3.05) is 19.6 Å². The van der Waals surface area contributed by atoms with Crippen molar-refractivity contribution in [3.8, 4) is 0 Å². The van der Waals surface area contributed by atoms with Gasteiger partial charge in [0.15, 0.2) is 0 Å². The van der Waals surface area contributed by atoms with E-state index < -0.39 is 0 Å². The third kappa shape index (κ3) is 5.41. The molecule has 156 valence electrons. The Morgan fingerprint density at radius 3 is 2.00 bits per heavy atom. The fraction of sp³-hybridized carbons (Fsp3) is 0.240. The fourth-order valence-corrected chi connectivity index (χ4v) is 3.96.